The molecule has 1 aromatic carbocycles. The molecule has 5 heteroatoms. The van der Waals surface area contributed by atoms with Crippen molar-refractivity contribution in [2.24, 2.45) is 0 Å². The van der Waals surface area contributed by atoms with Crippen molar-refractivity contribution in [2.75, 3.05) is 20.3 Å². The number of methoxy groups -OCH3 is 1. The van der Waals surface area contributed by atoms with Crippen molar-refractivity contribution in [2.45, 2.75) is 12.7 Å². The van der Waals surface area contributed by atoms with Crippen LogP contribution in [0.1, 0.15) is 5.56 Å². The van der Waals surface area contributed by atoms with Gasteiger partial charge in [0.15, 0.2) is 0 Å². The maximum absolute atomic E-state index is 8.86. The first-order valence-electron chi connectivity index (χ1n) is 4.97. The van der Waals surface area contributed by atoms with E-state index in [1.807, 2.05) is 24.3 Å². The van der Waals surface area contributed by atoms with Gasteiger partial charge >= 0.3 is 0 Å². The number of aliphatic hydroxyl groups is 1. The number of ether oxygens (including phenoxy) is 2. The highest BCUT2D eigenvalue weighted by Gasteiger charge is 2.05. The predicted octanol–water partition coefficient (Wildman–Crippen LogP) is 1.38. The number of hydrogen-bond donors (Lipinski definition) is 1. The lowest BCUT2D eigenvalue weighted by atomic mass is 10.2. The molecule has 0 saturated heterocycles. The van der Waals surface area contributed by atoms with E-state index in [0.29, 0.717) is 13.2 Å². The molecule has 1 unspecified atom stereocenters. The topological polar surface area (TPSA) is 47.9 Å². The minimum Gasteiger partial charge on any atom is -0.497 e. The van der Waals surface area contributed by atoms with E-state index >= 15 is 0 Å². The van der Waals surface area contributed by atoms with Gasteiger partial charge in [0.25, 0.3) is 0 Å². The Morgan fingerprint density at radius 1 is 1.31 bits per heavy atom. The normalized spacial score (nSPS) is 12.4. The average Bonchev–Trinajstić information content (AvgIpc) is 2.35. The van der Waals surface area contributed by atoms with Crippen molar-refractivity contribution in [1.82, 2.24) is 0 Å². The van der Waals surface area contributed by atoms with Crippen LogP contribution in [0.3, 0.4) is 0 Å². The molecule has 0 aliphatic carbocycles. The molecule has 4 nitrogen and oxygen atoms in total. The fraction of sp³-hybridized carbons (Fsp3) is 0.455. The van der Waals surface area contributed by atoms with Gasteiger partial charge in [-0.25, -0.2) is 0 Å². The van der Waals surface area contributed by atoms with Crippen molar-refractivity contribution in [3.8, 4) is 5.75 Å². The van der Waals surface area contributed by atoms with Gasteiger partial charge in [-0.2, -0.15) is 0 Å². The van der Waals surface area contributed by atoms with Crippen molar-refractivity contribution in [3.63, 3.8) is 0 Å². The third kappa shape index (κ3) is 4.45. The summed E-state index contributed by atoms with van der Waals surface area (Å²) in [5.41, 5.74) is 1.06. The lowest BCUT2D eigenvalue weighted by molar-refractivity contribution is 0.0220. The van der Waals surface area contributed by atoms with Crippen LogP contribution >= 0.6 is 9.47 Å². The first kappa shape index (κ1) is 13.4. The third-order valence-corrected chi connectivity index (χ3v) is 2.51. The highest BCUT2D eigenvalue weighted by atomic mass is 31.0. The summed E-state index contributed by atoms with van der Waals surface area (Å²) in [6.07, 6.45) is -0.289. The van der Waals surface area contributed by atoms with Crippen molar-refractivity contribution < 1.29 is 19.1 Å². The van der Waals surface area contributed by atoms with Crippen molar-refractivity contribution >= 4 is 9.47 Å². The number of aliphatic hydroxyl groups excluding tert-OH is 1. The SMILES string of the molecule is COc1ccc(COC[C@@H](CO)OP)cc1. The molecule has 0 bridgehead atoms. The molecular weight excluding hydrogens is 227 g/mol. The van der Waals surface area contributed by atoms with E-state index in [4.69, 9.17) is 19.1 Å². The second-order valence-corrected chi connectivity index (χ2v) is 3.58. The minimum absolute atomic E-state index is 0.0495. The molecule has 0 aliphatic heterocycles. The minimum atomic E-state index is -0.289. The second-order valence-electron chi connectivity index (χ2n) is 3.30. The zero-order chi connectivity index (χ0) is 11.8. The Kier molecular flexibility index (Phi) is 6.34. The van der Waals surface area contributed by atoms with Gasteiger partial charge in [-0.05, 0) is 17.7 Å². The Labute approximate surface area is 97.8 Å². The van der Waals surface area contributed by atoms with E-state index in [1.54, 1.807) is 7.11 Å². The molecule has 2 atom stereocenters. The van der Waals surface area contributed by atoms with E-state index in [-0.39, 0.29) is 12.7 Å². The molecular formula is C11H17O4P. The molecule has 0 amide bonds. The first-order chi connectivity index (χ1) is 7.80. The maximum Gasteiger partial charge on any atom is 0.118 e. The summed E-state index contributed by atoms with van der Waals surface area (Å²) in [6.45, 7) is 0.812. The Morgan fingerprint density at radius 3 is 2.50 bits per heavy atom. The Balaban J connectivity index is 2.31. The largest absolute Gasteiger partial charge is 0.497 e. The average molecular weight is 244 g/mol. The molecule has 0 saturated carbocycles. The van der Waals surface area contributed by atoms with Crippen LogP contribution in [0, 0.1) is 0 Å². The molecule has 0 radical (unpaired) electrons. The summed E-state index contributed by atoms with van der Waals surface area (Å²) in [4.78, 5) is 0. The van der Waals surface area contributed by atoms with Gasteiger partial charge in [0.05, 0.1) is 26.9 Å². The molecule has 1 N–H and O–H groups in total. The highest BCUT2D eigenvalue weighted by molar-refractivity contribution is 7.09. The molecule has 0 fully saturated rings. The monoisotopic (exact) mass is 244 g/mol. The molecule has 90 valence electrons. The lowest BCUT2D eigenvalue weighted by Crippen LogP contribution is -2.20. The fourth-order valence-corrected chi connectivity index (χ4v) is 1.33. The molecule has 1 rings (SSSR count). The van der Waals surface area contributed by atoms with E-state index in [1.165, 1.54) is 0 Å². The zero-order valence-electron chi connectivity index (χ0n) is 9.26. The molecule has 0 aliphatic rings. The quantitative estimate of drug-likeness (QED) is 0.736. The number of benzene rings is 1. The summed E-state index contributed by atoms with van der Waals surface area (Å²) in [7, 11) is 3.75. The summed E-state index contributed by atoms with van der Waals surface area (Å²) >= 11 is 0. The highest BCUT2D eigenvalue weighted by Crippen LogP contribution is 2.12. The van der Waals surface area contributed by atoms with E-state index in [0.717, 1.165) is 11.3 Å². The smallest absolute Gasteiger partial charge is 0.118 e. The number of rotatable bonds is 7. The van der Waals surface area contributed by atoms with Crippen molar-refractivity contribution in [3.05, 3.63) is 29.8 Å². The molecule has 0 aromatic heterocycles. The van der Waals surface area contributed by atoms with Gasteiger partial charge in [0.2, 0.25) is 0 Å². The van der Waals surface area contributed by atoms with E-state index in [2.05, 4.69) is 9.47 Å². The van der Waals surface area contributed by atoms with Crippen molar-refractivity contribution in [1.29, 1.82) is 0 Å². The van der Waals surface area contributed by atoms with Crippen LogP contribution in [0.4, 0.5) is 0 Å². The van der Waals surface area contributed by atoms with Crippen LogP contribution in [0.2, 0.25) is 0 Å². The third-order valence-electron chi connectivity index (χ3n) is 2.13. The van der Waals surface area contributed by atoms with Crippen LogP contribution in [0.5, 0.6) is 5.75 Å². The van der Waals surface area contributed by atoms with Crippen LogP contribution in [-0.4, -0.2) is 31.5 Å². The standard InChI is InChI=1S/C11H17O4P/c1-13-10-4-2-9(3-5-10)7-14-8-11(6-12)15-16/h2-5,11-12H,6-8,16H2,1H3/t11-/m1/s1. The summed E-state index contributed by atoms with van der Waals surface area (Å²) in [5.74, 6) is 0.824. The van der Waals surface area contributed by atoms with Crippen LogP contribution in [0.25, 0.3) is 0 Å². The summed E-state index contributed by atoms with van der Waals surface area (Å²) < 4.78 is 15.3. The van der Waals surface area contributed by atoms with Gasteiger partial charge < -0.3 is 19.1 Å². The maximum atomic E-state index is 8.86. The lowest BCUT2D eigenvalue weighted by Gasteiger charge is -2.12. The van der Waals surface area contributed by atoms with Gasteiger partial charge in [0, 0.05) is 9.47 Å². The van der Waals surface area contributed by atoms with Crippen LogP contribution < -0.4 is 4.74 Å². The van der Waals surface area contributed by atoms with Crippen LogP contribution in [-0.2, 0) is 15.9 Å². The molecule has 0 heterocycles. The Morgan fingerprint density at radius 2 is 2.00 bits per heavy atom. The predicted molar refractivity (Wildman–Crippen MR) is 64.3 cm³/mol. The molecule has 16 heavy (non-hydrogen) atoms. The zero-order valence-corrected chi connectivity index (χ0v) is 10.4. The molecule has 1 aromatic rings. The van der Waals surface area contributed by atoms with Gasteiger partial charge in [-0.15, -0.1) is 0 Å². The van der Waals surface area contributed by atoms with Crippen LogP contribution in [0.15, 0.2) is 24.3 Å². The molecule has 0 spiro atoms. The second kappa shape index (κ2) is 7.58. The summed E-state index contributed by atoms with van der Waals surface area (Å²) in [5, 5.41) is 8.86. The fourth-order valence-electron chi connectivity index (χ4n) is 1.17. The Bertz CT molecular complexity index is 285. The van der Waals surface area contributed by atoms with Gasteiger partial charge in [-0.3, -0.25) is 0 Å². The Hall–Kier alpha value is -0.670. The number of hydrogen-bond acceptors (Lipinski definition) is 4. The first-order valence-corrected chi connectivity index (χ1v) is 5.44. The van der Waals surface area contributed by atoms with Gasteiger partial charge in [0.1, 0.15) is 11.9 Å². The van der Waals surface area contributed by atoms with Gasteiger partial charge in [-0.1, -0.05) is 12.1 Å². The van der Waals surface area contributed by atoms with E-state index in [9.17, 15) is 0 Å². The summed E-state index contributed by atoms with van der Waals surface area (Å²) in [6, 6.07) is 7.64. The van der Waals surface area contributed by atoms with E-state index < -0.39 is 0 Å².